The van der Waals surface area contributed by atoms with Gasteiger partial charge in [0.1, 0.15) is 23.2 Å². The molecule has 1 amide bonds. The van der Waals surface area contributed by atoms with Gasteiger partial charge in [0.15, 0.2) is 0 Å². The molecule has 0 spiro atoms. The molecule has 4 aromatic rings. The van der Waals surface area contributed by atoms with Gasteiger partial charge in [0, 0.05) is 23.2 Å². The third-order valence-corrected chi connectivity index (χ3v) is 6.23. The lowest BCUT2D eigenvalue weighted by molar-refractivity contribution is -0.122. The Bertz CT molecular complexity index is 1470. The molecule has 9 heteroatoms. The number of primary amides is 1. The molecule has 0 aliphatic carbocycles. The third kappa shape index (κ3) is 4.29. The van der Waals surface area contributed by atoms with Gasteiger partial charge in [0.05, 0.1) is 22.0 Å². The van der Waals surface area contributed by atoms with Crippen LogP contribution in [0.3, 0.4) is 0 Å². The van der Waals surface area contributed by atoms with Crippen molar-refractivity contribution >= 4 is 22.8 Å². The van der Waals surface area contributed by atoms with E-state index in [1.165, 1.54) is 0 Å². The lowest BCUT2D eigenvalue weighted by atomic mass is 9.81. The summed E-state index contributed by atoms with van der Waals surface area (Å²) in [6.45, 7) is 3.96. The van der Waals surface area contributed by atoms with Crippen molar-refractivity contribution in [1.29, 1.82) is 5.41 Å². The topological polar surface area (TPSA) is 174 Å². The Hall–Kier alpha value is -4.37. The molecule has 35 heavy (non-hydrogen) atoms. The number of aromatic hydroxyl groups is 2. The van der Waals surface area contributed by atoms with Crippen molar-refractivity contribution < 1.29 is 15.0 Å². The maximum Gasteiger partial charge on any atom is 0.227 e. The normalized spacial score (nSPS) is 11.6. The van der Waals surface area contributed by atoms with Crippen molar-refractivity contribution in [1.82, 2.24) is 15.3 Å². The molecule has 0 saturated carbocycles. The fourth-order valence-corrected chi connectivity index (χ4v) is 3.94. The average molecular weight is 473 g/mol. The second kappa shape index (κ2) is 8.77. The zero-order valence-corrected chi connectivity index (χ0v) is 19.7. The van der Waals surface area contributed by atoms with Gasteiger partial charge in [0.25, 0.3) is 0 Å². The minimum atomic E-state index is -1.07. The van der Waals surface area contributed by atoms with Gasteiger partial charge < -0.3 is 32.0 Å². The van der Waals surface area contributed by atoms with Crippen LogP contribution in [0.5, 0.6) is 11.5 Å². The maximum absolute atomic E-state index is 12.3. The Balaban J connectivity index is 2.00. The lowest BCUT2D eigenvalue weighted by Gasteiger charge is -2.24. The predicted octanol–water partition coefficient (Wildman–Crippen LogP) is 3.07. The molecule has 0 fully saturated rings. The van der Waals surface area contributed by atoms with E-state index in [4.69, 9.17) is 16.9 Å². The van der Waals surface area contributed by atoms with Crippen LogP contribution in [-0.4, -0.2) is 39.0 Å². The summed E-state index contributed by atoms with van der Waals surface area (Å²) in [4.78, 5) is 20.1. The summed E-state index contributed by atoms with van der Waals surface area (Å²) in [6.07, 6.45) is 0. The largest absolute Gasteiger partial charge is 0.507 e. The first-order chi connectivity index (χ1) is 16.5. The van der Waals surface area contributed by atoms with E-state index < -0.39 is 11.3 Å². The number of H-pyrrole nitrogens is 1. The molecule has 9 nitrogen and oxygen atoms in total. The van der Waals surface area contributed by atoms with Gasteiger partial charge in [-0.3, -0.25) is 10.2 Å². The molecule has 0 bridgehead atoms. The number of nitrogens with one attached hydrogen (secondary N) is 3. The van der Waals surface area contributed by atoms with E-state index in [0.29, 0.717) is 51.2 Å². The third-order valence-electron chi connectivity index (χ3n) is 6.23. The number of imidazole rings is 1. The van der Waals surface area contributed by atoms with Crippen LogP contribution in [0.15, 0.2) is 48.5 Å². The SMILES string of the molecule is CNCc1ccc(O)c(-c2cc(C(C)(C)C(N)=O)cc(-c3nc4ccc(C(=N)N)cc4[nH]3)c2O)c1. The second-order valence-corrected chi connectivity index (χ2v) is 9.02. The van der Waals surface area contributed by atoms with Crippen LogP contribution in [0.1, 0.15) is 30.5 Å². The molecular weight excluding hydrogens is 444 g/mol. The molecule has 3 aromatic carbocycles. The zero-order valence-electron chi connectivity index (χ0n) is 19.7. The van der Waals surface area contributed by atoms with E-state index in [0.717, 1.165) is 5.56 Å². The van der Waals surface area contributed by atoms with Crippen LogP contribution >= 0.6 is 0 Å². The quantitative estimate of drug-likeness (QED) is 0.161. The molecule has 0 aliphatic rings. The summed E-state index contributed by atoms with van der Waals surface area (Å²) < 4.78 is 0. The number of nitrogen functional groups attached to an aromatic ring is 1. The fourth-order valence-electron chi connectivity index (χ4n) is 3.94. The molecule has 0 saturated heterocycles. The number of carbonyl (C=O) groups is 1. The van der Waals surface area contributed by atoms with E-state index in [2.05, 4.69) is 15.3 Å². The molecule has 1 aromatic heterocycles. The van der Waals surface area contributed by atoms with Gasteiger partial charge in [-0.1, -0.05) is 6.07 Å². The number of nitrogens with two attached hydrogens (primary N) is 2. The first-order valence-corrected chi connectivity index (χ1v) is 11.0. The highest BCUT2D eigenvalue weighted by molar-refractivity contribution is 5.98. The van der Waals surface area contributed by atoms with Crippen molar-refractivity contribution in [3.05, 3.63) is 65.2 Å². The number of amides is 1. The number of phenolic OH excluding ortho intramolecular Hbond substituents is 2. The highest BCUT2D eigenvalue weighted by Gasteiger charge is 2.30. The van der Waals surface area contributed by atoms with Gasteiger partial charge in [-0.05, 0) is 74.5 Å². The molecule has 0 aliphatic heterocycles. The van der Waals surface area contributed by atoms with Crippen LogP contribution in [0.25, 0.3) is 33.5 Å². The molecule has 0 unspecified atom stereocenters. The predicted molar refractivity (Wildman–Crippen MR) is 136 cm³/mol. The van der Waals surface area contributed by atoms with Crippen molar-refractivity contribution in [2.45, 2.75) is 25.8 Å². The Morgan fingerprint density at radius 1 is 1.06 bits per heavy atom. The summed E-state index contributed by atoms with van der Waals surface area (Å²) in [5, 5.41) is 32.8. The number of fused-ring (bicyclic) bond motifs is 1. The van der Waals surface area contributed by atoms with E-state index in [1.807, 2.05) is 7.05 Å². The molecule has 4 rings (SSSR count). The number of nitrogens with zero attached hydrogens (tertiary/aromatic N) is 1. The van der Waals surface area contributed by atoms with E-state index in [9.17, 15) is 15.0 Å². The van der Waals surface area contributed by atoms with Gasteiger partial charge >= 0.3 is 0 Å². The first kappa shape index (κ1) is 23.8. The van der Waals surface area contributed by atoms with Crippen molar-refractivity contribution in [2.24, 2.45) is 11.5 Å². The fraction of sp³-hybridized carbons (Fsp3) is 0.192. The Kier molecular flexibility index (Phi) is 5.96. The van der Waals surface area contributed by atoms with Gasteiger partial charge in [0.2, 0.25) is 5.91 Å². The molecule has 0 atom stereocenters. The van der Waals surface area contributed by atoms with Crippen molar-refractivity contribution in [3.8, 4) is 34.0 Å². The van der Waals surface area contributed by atoms with Crippen LogP contribution < -0.4 is 16.8 Å². The number of hydrogen-bond donors (Lipinski definition) is 7. The van der Waals surface area contributed by atoms with Gasteiger partial charge in [-0.25, -0.2) is 4.98 Å². The number of carbonyl (C=O) groups excluding carboxylic acids is 1. The summed E-state index contributed by atoms with van der Waals surface area (Å²) in [5.74, 6) is -0.390. The highest BCUT2D eigenvalue weighted by atomic mass is 16.3. The second-order valence-electron chi connectivity index (χ2n) is 9.02. The molecule has 180 valence electrons. The van der Waals surface area contributed by atoms with Gasteiger partial charge in [-0.15, -0.1) is 0 Å². The molecular formula is C26H28N6O3. The maximum atomic E-state index is 12.3. The number of phenols is 2. The minimum Gasteiger partial charge on any atom is -0.507 e. The van der Waals surface area contributed by atoms with Crippen LogP contribution in [0.2, 0.25) is 0 Å². The number of aromatic nitrogens is 2. The highest BCUT2D eigenvalue weighted by Crippen LogP contribution is 2.44. The molecule has 0 radical (unpaired) electrons. The van der Waals surface area contributed by atoms with E-state index in [-0.39, 0.29) is 17.3 Å². The number of hydrogen-bond acceptors (Lipinski definition) is 6. The Morgan fingerprint density at radius 3 is 2.43 bits per heavy atom. The molecule has 1 heterocycles. The monoisotopic (exact) mass is 472 g/mol. The zero-order chi connectivity index (χ0) is 25.5. The Labute approximate surface area is 202 Å². The van der Waals surface area contributed by atoms with E-state index in [1.54, 1.807) is 62.4 Å². The summed E-state index contributed by atoms with van der Waals surface area (Å²) in [6, 6.07) is 13.6. The Morgan fingerprint density at radius 2 is 1.77 bits per heavy atom. The van der Waals surface area contributed by atoms with Crippen LogP contribution in [0.4, 0.5) is 0 Å². The minimum absolute atomic E-state index is 0.0177. The summed E-state index contributed by atoms with van der Waals surface area (Å²) >= 11 is 0. The lowest BCUT2D eigenvalue weighted by Crippen LogP contribution is -2.35. The van der Waals surface area contributed by atoms with Crippen molar-refractivity contribution in [3.63, 3.8) is 0 Å². The van der Waals surface area contributed by atoms with Gasteiger partial charge in [-0.2, -0.15) is 0 Å². The van der Waals surface area contributed by atoms with E-state index >= 15 is 0 Å². The summed E-state index contributed by atoms with van der Waals surface area (Å²) in [7, 11) is 1.82. The standard InChI is InChI=1S/C26H28N6O3/c1-26(2,25(29)35)15-10-17(16-8-13(12-30-3)4-7-21(16)33)22(34)18(11-15)24-31-19-6-5-14(23(27)28)9-20(19)32-24/h4-11,30,33-34H,12H2,1-3H3,(H3,27,28)(H2,29,35)(H,31,32). The van der Waals surface area contributed by atoms with Crippen LogP contribution in [0, 0.1) is 5.41 Å². The van der Waals surface area contributed by atoms with Crippen molar-refractivity contribution in [2.75, 3.05) is 7.05 Å². The number of aromatic amines is 1. The smallest absolute Gasteiger partial charge is 0.227 e. The number of benzene rings is 3. The average Bonchev–Trinajstić information content (AvgIpc) is 3.23. The number of rotatable bonds is 7. The summed E-state index contributed by atoms with van der Waals surface area (Å²) in [5.41, 5.74) is 14.6. The number of amidine groups is 1. The first-order valence-electron chi connectivity index (χ1n) is 11.0. The van der Waals surface area contributed by atoms with Crippen LogP contribution in [-0.2, 0) is 16.8 Å². The molecule has 9 N–H and O–H groups in total.